The Balaban J connectivity index is 1.46. The van der Waals surface area contributed by atoms with E-state index in [9.17, 15) is 13.2 Å². The maximum Gasteiger partial charge on any atom is 0.267 e. The Bertz CT molecular complexity index is 952. The zero-order valence-corrected chi connectivity index (χ0v) is 17.0. The van der Waals surface area contributed by atoms with E-state index in [1.54, 1.807) is 6.07 Å². The van der Waals surface area contributed by atoms with Crippen molar-refractivity contribution in [2.24, 2.45) is 0 Å². The molecule has 7 nitrogen and oxygen atoms in total. The van der Waals surface area contributed by atoms with Gasteiger partial charge in [0.15, 0.2) is 0 Å². The molecule has 0 fully saturated rings. The third-order valence-electron chi connectivity index (χ3n) is 4.87. The number of aromatic nitrogens is 2. The van der Waals surface area contributed by atoms with E-state index in [2.05, 4.69) is 16.7 Å². The number of hydrogen-bond acceptors (Lipinski definition) is 5. The second-order valence-corrected chi connectivity index (χ2v) is 8.87. The second-order valence-electron chi connectivity index (χ2n) is 6.94. The summed E-state index contributed by atoms with van der Waals surface area (Å²) in [6.45, 7) is 2.48. The first-order valence-electron chi connectivity index (χ1n) is 9.76. The highest BCUT2D eigenvalue weighted by atomic mass is 32.2. The predicted octanol–water partition coefficient (Wildman–Crippen LogP) is 1.68. The Morgan fingerprint density at radius 3 is 2.68 bits per heavy atom. The van der Waals surface area contributed by atoms with Gasteiger partial charge in [0.05, 0.1) is 18.0 Å². The van der Waals surface area contributed by atoms with Crippen LogP contribution in [0.2, 0.25) is 0 Å². The highest BCUT2D eigenvalue weighted by Gasteiger charge is 2.14. The van der Waals surface area contributed by atoms with E-state index in [4.69, 9.17) is 4.74 Å². The summed E-state index contributed by atoms with van der Waals surface area (Å²) in [5.41, 5.74) is 3.00. The molecule has 0 saturated carbocycles. The van der Waals surface area contributed by atoms with Crippen molar-refractivity contribution < 1.29 is 13.2 Å². The Labute approximate surface area is 165 Å². The molecule has 1 aromatic carbocycles. The standard InChI is InChI=1S/C20H27N3O4S/c1-2-16-7-9-18(10-8-16)27-13-14-28(25,26)21-11-12-23-20(24)15-17-5-3-4-6-19(17)22-23/h7-10,15,21H,2-6,11-14H2,1H3. The molecule has 1 aromatic heterocycles. The number of rotatable bonds is 9. The van der Waals surface area contributed by atoms with E-state index in [0.717, 1.165) is 43.4 Å². The van der Waals surface area contributed by atoms with Gasteiger partial charge in [0, 0.05) is 12.6 Å². The van der Waals surface area contributed by atoms with E-state index < -0.39 is 10.0 Å². The van der Waals surface area contributed by atoms with E-state index in [1.165, 1.54) is 10.2 Å². The minimum Gasteiger partial charge on any atom is -0.492 e. The average molecular weight is 406 g/mol. The first kappa shape index (κ1) is 20.5. The maximum absolute atomic E-state index is 12.1. The first-order valence-corrected chi connectivity index (χ1v) is 11.4. The van der Waals surface area contributed by atoms with Crippen LogP contribution in [-0.4, -0.2) is 37.1 Å². The lowest BCUT2D eigenvalue weighted by Crippen LogP contribution is -2.35. The molecule has 0 unspecified atom stereocenters. The van der Waals surface area contributed by atoms with Gasteiger partial charge in [0.2, 0.25) is 10.0 Å². The van der Waals surface area contributed by atoms with Crippen LogP contribution in [0, 0.1) is 0 Å². The van der Waals surface area contributed by atoms with E-state index in [1.807, 2.05) is 24.3 Å². The van der Waals surface area contributed by atoms with Crippen LogP contribution in [0.4, 0.5) is 0 Å². The van der Waals surface area contributed by atoms with Gasteiger partial charge in [-0.2, -0.15) is 5.10 Å². The summed E-state index contributed by atoms with van der Waals surface area (Å²) >= 11 is 0. The Morgan fingerprint density at radius 1 is 1.18 bits per heavy atom. The Morgan fingerprint density at radius 2 is 1.93 bits per heavy atom. The molecule has 1 N–H and O–H groups in total. The van der Waals surface area contributed by atoms with Crippen molar-refractivity contribution >= 4 is 10.0 Å². The summed E-state index contributed by atoms with van der Waals surface area (Å²) < 4.78 is 33.6. The van der Waals surface area contributed by atoms with Crippen molar-refractivity contribution in [1.82, 2.24) is 14.5 Å². The topological polar surface area (TPSA) is 90.3 Å². The monoisotopic (exact) mass is 405 g/mol. The molecule has 1 aliphatic rings. The van der Waals surface area contributed by atoms with Crippen LogP contribution in [-0.2, 0) is 35.8 Å². The molecule has 1 heterocycles. The van der Waals surface area contributed by atoms with Crippen LogP contribution in [0.15, 0.2) is 35.1 Å². The Kier molecular flexibility index (Phi) is 6.85. The van der Waals surface area contributed by atoms with Gasteiger partial charge in [-0.25, -0.2) is 17.8 Å². The van der Waals surface area contributed by atoms with Crippen molar-refractivity contribution in [2.75, 3.05) is 18.9 Å². The fourth-order valence-corrected chi connectivity index (χ4v) is 4.08. The summed E-state index contributed by atoms with van der Waals surface area (Å²) in [7, 11) is -3.48. The normalized spacial score (nSPS) is 13.9. The summed E-state index contributed by atoms with van der Waals surface area (Å²) in [5.74, 6) is 0.506. The van der Waals surface area contributed by atoms with Crippen LogP contribution in [0.3, 0.4) is 0 Å². The SMILES string of the molecule is CCc1ccc(OCCS(=O)(=O)NCCn2nc3c(cc2=O)CCCC3)cc1. The van der Waals surface area contributed by atoms with E-state index >= 15 is 0 Å². The van der Waals surface area contributed by atoms with Crippen LogP contribution >= 0.6 is 0 Å². The molecule has 0 bridgehead atoms. The smallest absolute Gasteiger partial charge is 0.267 e. The minimum atomic E-state index is -3.48. The molecule has 8 heteroatoms. The number of nitrogens with zero attached hydrogens (tertiary/aromatic N) is 2. The molecule has 0 radical (unpaired) electrons. The fourth-order valence-electron chi connectivity index (χ4n) is 3.23. The molecular formula is C20H27N3O4S. The lowest BCUT2D eigenvalue weighted by atomic mass is 9.97. The highest BCUT2D eigenvalue weighted by molar-refractivity contribution is 7.89. The van der Waals surface area contributed by atoms with Gasteiger partial charge in [0.25, 0.3) is 5.56 Å². The van der Waals surface area contributed by atoms with Gasteiger partial charge in [-0.1, -0.05) is 19.1 Å². The summed E-state index contributed by atoms with van der Waals surface area (Å²) in [4.78, 5) is 12.1. The number of ether oxygens (including phenoxy) is 1. The number of sulfonamides is 1. The number of hydrogen-bond donors (Lipinski definition) is 1. The van der Waals surface area contributed by atoms with Crippen molar-refractivity contribution in [3.05, 3.63) is 57.5 Å². The third-order valence-corrected chi connectivity index (χ3v) is 6.22. The molecule has 1 aliphatic carbocycles. The lowest BCUT2D eigenvalue weighted by molar-refractivity contribution is 0.340. The van der Waals surface area contributed by atoms with Crippen molar-refractivity contribution in [2.45, 2.75) is 45.6 Å². The van der Waals surface area contributed by atoms with Crippen LogP contribution < -0.4 is 15.0 Å². The molecule has 0 atom stereocenters. The van der Waals surface area contributed by atoms with E-state index in [0.29, 0.717) is 5.75 Å². The molecule has 152 valence electrons. The van der Waals surface area contributed by atoms with E-state index in [-0.39, 0.29) is 31.0 Å². The molecular weight excluding hydrogens is 378 g/mol. The molecule has 3 rings (SSSR count). The zero-order chi connectivity index (χ0) is 20.0. The van der Waals surface area contributed by atoms with Gasteiger partial charge in [0.1, 0.15) is 12.4 Å². The average Bonchev–Trinajstić information content (AvgIpc) is 2.68. The van der Waals surface area contributed by atoms with Gasteiger partial charge in [-0.15, -0.1) is 0 Å². The molecule has 28 heavy (non-hydrogen) atoms. The highest BCUT2D eigenvalue weighted by Crippen LogP contribution is 2.16. The summed E-state index contributed by atoms with van der Waals surface area (Å²) in [5, 5.41) is 4.39. The van der Waals surface area contributed by atoms with Crippen LogP contribution in [0.5, 0.6) is 5.75 Å². The molecule has 0 spiro atoms. The molecule has 0 amide bonds. The molecule has 2 aromatic rings. The van der Waals surface area contributed by atoms with Gasteiger partial charge in [-0.3, -0.25) is 4.79 Å². The second kappa shape index (κ2) is 9.34. The van der Waals surface area contributed by atoms with Gasteiger partial charge >= 0.3 is 0 Å². The number of fused-ring (bicyclic) bond motifs is 1. The maximum atomic E-state index is 12.1. The van der Waals surface area contributed by atoms with Gasteiger partial charge < -0.3 is 4.74 Å². The first-order chi connectivity index (χ1) is 13.5. The Hall–Kier alpha value is -2.19. The quantitative estimate of drug-likeness (QED) is 0.686. The van der Waals surface area contributed by atoms with Crippen molar-refractivity contribution in [3.63, 3.8) is 0 Å². The third kappa shape index (κ3) is 5.65. The predicted molar refractivity (Wildman–Crippen MR) is 108 cm³/mol. The molecule has 0 aliphatic heterocycles. The van der Waals surface area contributed by atoms with Crippen LogP contribution in [0.1, 0.15) is 36.6 Å². The number of nitrogens with one attached hydrogen (secondary N) is 1. The lowest BCUT2D eigenvalue weighted by Gasteiger charge is -2.16. The number of benzene rings is 1. The zero-order valence-electron chi connectivity index (χ0n) is 16.2. The number of aryl methyl sites for hydroxylation is 3. The summed E-state index contributed by atoms with van der Waals surface area (Å²) in [6.07, 6.45) is 4.87. The van der Waals surface area contributed by atoms with Crippen molar-refractivity contribution in [3.8, 4) is 5.75 Å². The van der Waals surface area contributed by atoms with Crippen LogP contribution in [0.25, 0.3) is 0 Å². The van der Waals surface area contributed by atoms with Crippen molar-refractivity contribution in [1.29, 1.82) is 0 Å². The largest absolute Gasteiger partial charge is 0.492 e. The minimum absolute atomic E-state index is 0.0673. The fraction of sp³-hybridized carbons (Fsp3) is 0.500. The molecule has 0 saturated heterocycles. The van der Waals surface area contributed by atoms with Gasteiger partial charge in [-0.05, 0) is 55.4 Å². The summed E-state index contributed by atoms with van der Waals surface area (Å²) in [6, 6.07) is 9.24.